The second-order valence-electron chi connectivity index (χ2n) is 5.57. The van der Waals surface area contributed by atoms with Gasteiger partial charge in [0.15, 0.2) is 0 Å². The Morgan fingerprint density at radius 1 is 1.16 bits per heavy atom. The van der Waals surface area contributed by atoms with Crippen molar-refractivity contribution in [2.75, 3.05) is 11.9 Å². The van der Waals surface area contributed by atoms with Crippen molar-refractivity contribution in [3.8, 4) is 5.75 Å². The summed E-state index contributed by atoms with van der Waals surface area (Å²) in [7, 11) is 3.51. The molecule has 0 unspecified atom stereocenters. The Morgan fingerprint density at radius 2 is 1.84 bits per heavy atom. The Labute approximate surface area is 151 Å². The van der Waals surface area contributed by atoms with E-state index in [0.29, 0.717) is 22.2 Å². The van der Waals surface area contributed by atoms with E-state index in [2.05, 4.69) is 5.10 Å². The van der Waals surface area contributed by atoms with Crippen LogP contribution in [0.5, 0.6) is 5.75 Å². The van der Waals surface area contributed by atoms with Crippen LogP contribution in [0.4, 0.5) is 5.69 Å². The predicted molar refractivity (Wildman–Crippen MR) is 98.2 cm³/mol. The van der Waals surface area contributed by atoms with Gasteiger partial charge >= 0.3 is 0 Å². The maximum Gasteiger partial charge on any atom is 0.261 e. The van der Waals surface area contributed by atoms with Crippen molar-refractivity contribution in [2.45, 2.75) is 6.61 Å². The fraction of sp³-hybridized carbons (Fsp3) is 0.158. The minimum absolute atomic E-state index is 0.138. The number of nitrogens with zero attached hydrogens (tertiary/aromatic N) is 3. The zero-order valence-electron chi connectivity index (χ0n) is 14.0. The first-order valence-corrected chi connectivity index (χ1v) is 8.17. The van der Waals surface area contributed by atoms with Crippen molar-refractivity contribution in [3.05, 3.63) is 77.1 Å². The molecule has 3 rings (SSSR count). The van der Waals surface area contributed by atoms with Crippen LogP contribution in [0.3, 0.4) is 0 Å². The first-order chi connectivity index (χ1) is 12.1. The zero-order chi connectivity index (χ0) is 17.8. The SMILES string of the molecule is CN(C(=O)c1ccccc1OCc1cc(Cl)n(C)n1)c1ccccc1. The van der Waals surface area contributed by atoms with E-state index in [1.165, 1.54) is 0 Å². The Hall–Kier alpha value is -2.79. The maximum atomic E-state index is 12.8. The molecule has 0 saturated heterocycles. The van der Waals surface area contributed by atoms with Gasteiger partial charge in [0.25, 0.3) is 5.91 Å². The summed E-state index contributed by atoms with van der Waals surface area (Å²) in [5, 5.41) is 4.78. The lowest BCUT2D eigenvalue weighted by Gasteiger charge is -2.19. The number of amides is 1. The molecule has 0 saturated carbocycles. The summed E-state index contributed by atoms with van der Waals surface area (Å²) in [6.45, 7) is 0.236. The summed E-state index contributed by atoms with van der Waals surface area (Å²) in [6.07, 6.45) is 0. The molecule has 128 valence electrons. The van der Waals surface area contributed by atoms with Crippen LogP contribution in [0.15, 0.2) is 60.7 Å². The molecular formula is C19H18ClN3O2. The highest BCUT2D eigenvalue weighted by atomic mass is 35.5. The van der Waals surface area contributed by atoms with Gasteiger partial charge in [-0.3, -0.25) is 9.48 Å². The van der Waals surface area contributed by atoms with E-state index in [-0.39, 0.29) is 12.5 Å². The minimum Gasteiger partial charge on any atom is -0.486 e. The summed E-state index contributed by atoms with van der Waals surface area (Å²) in [5.74, 6) is 0.373. The molecule has 0 N–H and O–H groups in total. The van der Waals surface area contributed by atoms with Crippen molar-refractivity contribution >= 4 is 23.2 Å². The Kier molecular flexibility index (Phi) is 5.05. The molecule has 0 fully saturated rings. The molecular weight excluding hydrogens is 338 g/mol. The number of halogens is 1. The Bertz CT molecular complexity index is 858. The van der Waals surface area contributed by atoms with Crippen molar-refractivity contribution < 1.29 is 9.53 Å². The smallest absolute Gasteiger partial charge is 0.261 e. The normalized spacial score (nSPS) is 10.5. The van der Waals surface area contributed by atoms with Crippen LogP contribution >= 0.6 is 11.6 Å². The van der Waals surface area contributed by atoms with Gasteiger partial charge in [-0.1, -0.05) is 41.9 Å². The highest BCUT2D eigenvalue weighted by Crippen LogP contribution is 2.23. The van der Waals surface area contributed by atoms with Gasteiger partial charge in [0.05, 0.1) is 5.56 Å². The van der Waals surface area contributed by atoms with Crippen molar-refractivity contribution in [3.63, 3.8) is 0 Å². The molecule has 6 heteroatoms. The van der Waals surface area contributed by atoms with E-state index >= 15 is 0 Å². The zero-order valence-corrected chi connectivity index (χ0v) is 14.8. The number of ether oxygens (including phenoxy) is 1. The molecule has 1 heterocycles. The molecule has 3 aromatic rings. The molecule has 2 aromatic carbocycles. The molecule has 0 aliphatic rings. The number of hydrogen-bond acceptors (Lipinski definition) is 3. The van der Waals surface area contributed by atoms with Crippen molar-refractivity contribution in [1.29, 1.82) is 0 Å². The number of aryl methyl sites for hydroxylation is 1. The Balaban J connectivity index is 1.79. The molecule has 25 heavy (non-hydrogen) atoms. The van der Waals surface area contributed by atoms with Crippen molar-refractivity contribution in [1.82, 2.24) is 9.78 Å². The molecule has 0 spiro atoms. The average Bonchev–Trinajstić information content (AvgIpc) is 2.97. The summed E-state index contributed by atoms with van der Waals surface area (Å²) >= 11 is 5.99. The van der Waals surface area contributed by atoms with Gasteiger partial charge in [0.1, 0.15) is 23.2 Å². The van der Waals surface area contributed by atoms with Crippen LogP contribution in [0.2, 0.25) is 5.15 Å². The van der Waals surface area contributed by atoms with Crippen LogP contribution in [0.25, 0.3) is 0 Å². The van der Waals surface area contributed by atoms with Crippen LogP contribution in [-0.2, 0) is 13.7 Å². The van der Waals surface area contributed by atoms with E-state index < -0.39 is 0 Å². The average molecular weight is 356 g/mol. The molecule has 0 atom stereocenters. The van der Waals surface area contributed by atoms with Gasteiger partial charge in [-0.15, -0.1) is 0 Å². The largest absolute Gasteiger partial charge is 0.486 e. The van der Waals surface area contributed by atoms with Gasteiger partial charge in [-0.2, -0.15) is 5.10 Å². The second-order valence-corrected chi connectivity index (χ2v) is 5.95. The third-order valence-electron chi connectivity index (χ3n) is 3.81. The van der Waals surface area contributed by atoms with Gasteiger partial charge < -0.3 is 9.64 Å². The molecule has 0 aliphatic heterocycles. The van der Waals surface area contributed by atoms with Gasteiger partial charge in [-0.25, -0.2) is 0 Å². The number of anilines is 1. The number of carbonyl (C=O) groups is 1. The lowest BCUT2D eigenvalue weighted by Crippen LogP contribution is -2.26. The summed E-state index contributed by atoms with van der Waals surface area (Å²) < 4.78 is 7.39. The van der Waals surface area contributed by atoms with Crippen molar-refractivity contribution in [2.24, 2.45) is 7.05 Å². The number of benzene rings is 2. The highest BCUT2D eigenvalue weighted by Gasteiger charge is 2.18. The summed E-state index contributed by atoms with van der Waals surface area (Å²) in [6, 6.07) is 18.4. The minimum atomic E-state index is -0.138. The molecule has 0 aliphatic carbocycles. The number of rotatable bonds is 5. The topological polar surface area (TPSA) is 47.4 Å². The molecule has 1 amide bonds. The second kappa shape index (κ2) is 7.40. The summed E-state index contributed by atoms with van der Waals surface area (Å²) in [5.41, 5.74) is 2.01. The third kappa shape index (κ3) is 3.83. The van der Waals surface area contributed by atoms with Crippen LogP contribution in [-0.4, -0.2) is 22.7 Å². The monoisotopic (exact) mass is 355 g/mol. The van der Waals surface area contributed by atoms with E-state index in [1.807, 2.05) is 42.5 Å². The van der Waals surface area contributed by atoms with Gasteiger partial charge in [0.2, 0.25) is 0 Å². The molecule has 0 radical (unpaired) electrons. The predicted octanol–water partition coefficient (Wildman–Crippen LogP) is 3.93. The quantitative estimate of drug-likeness (QED) is 0.696. The number of carbonyl (C=O) groups excluding carboxylic acids is 1. The fourth-order valence-electron chi connectivity index (χ4n) is 2.44. The van der Waals surface area contributed by atoms with Crippen LogP contribution < -0.4 is 9.64 Å². The van der Waals surface area contributed by atoms with E-state index in [9.17, 15) is 4.79 Å². The summed E-state index contributed by atoms with van der Waals surface area (Å²) in [4.78, 5) is 14.4. The van der Waals surface area contributed by atoms with Crippen LogP contribution in [0.1, 0.15) is 16.1 Å². The Morgan fingerprint density at radius 3 is 2.52 bits per heavy atom. The fourth-order valence-corrected chi connectivity index (χ4v) is 2.60. The molecule has 1 aromatic heterocycles. The number of para-hydroxylation sites is 2. The van der Waals surface area contributed by atoms with Crippen LogP contribution in [0, 0.1) is 0 Å². The lowest BCUT2D eigenvalue weighted by atomic mass is 10.1. The molecule has 0 bridgehead atoms. The number of hydrogen-bond donors (Lipinski definition) is 0. The third-order valence-corrected chi connectivity index (χ3v) is 4.17. The number of aromatic nitrogens is 2. The maximum absolute atomic E-state index is 12.8. The van der Waals surface area contributed by atoms with E-state index in [1.54, 1.807) is 41.9 Å². The molecule has 5 nitrogen and oxygen atoms in total. The van der Waals surface area contributed by atoms with E-state index in [4.69, 9.17) is 16.3 Å². The van der Waals surface area contributed by atoms with Gasteiger partial charge in [-0.05, 0) is 24.3 Å². The lowest BCUT2D eigenvalue weighted by molar-refractivity contribution is 0.0988. The first kappa shape index (κ1) is 17.0. The standard InChI is InChI=1S/C19H18ClN3O2/c1-22(15-8-4-3-5-9-15)19(24)16-10-6-7-11-17(16)25-13-14-12-18(20)23(2)21-14/h3-12H,13H2,1-2H3. The van der Waals surface area contributed by atoms with E-state index in [0.717, 1.165) is 5.69 Å². The van der Waals surface area contributed by atoms with Gasteiger partial charge in [0, 0.05) is 25.8 Å². The highest BCUT2D eigenvalue weighted by molar-refractivity contribution is 6.29. The first-order valence-electron chi connectivity index (χ1n) is 7.79.